The van der Waals surface area contributed by atoms with Gasteiger partial charge in [-0.2, -0.15) is 0 Å². The van der Waals surface area contributed by atoms with Gasteiger partial charge in [0.2, 0.25) is 5.91 Å². The van der Waals surface area contributed by atoms with Crippen molar-refractivity contribution in [1.82, 2.24) is 4.90 Å². The Balaban J connectivity index is 1.46. The third-order valence-electron chi connectivity index (χ3n) is 6.75. The van der Waals surface area contributed by atoms with E-state index in [1.807, 2.05) is 19.2 Å². The zero-order valence-electron chi connectivity index (χ0n) is 16.6. The van der Waals surface area contributed by atoms with Gasteiger partial charge < -0.3 is 15.4 Å². The molecule has 1 aliphatic carbocycles. The molecule has 2 N–H and O–H groups in total. The summed E-state index contributed by atoms with van der Waals surface area (Å²) in [4.78, 5) is 14.3. The molecule has 2 atom stereocenters. The van der Waals surface area contributed by atoms with Gasteiger partial charge >= 0.3 is 0 Å². The third-order valence-corrected chi connectivity index (χ3v) is 6.75. The Kier molecular flexibility index (Phi) is 5.51. The number of hydrogen-bond acceptors (Lipinski definition) is 3. The van der Waals surface area contributed by atoms with Crippen LogP contribution in [0.4, 0.5) is 0 Å². The van der Waals surface area contributed by atoms with Crippen LogP contribution in [0.1, 0.15) is 40.7 Å². The summed E-state index contributed by atoms with van der Waals surface area (Å²) in [7, 11) is 1.83. The first kappa shape index (κ1) is 19.2. The van der Waals surface area contributed by atoms with E-state index in [1.165, 1.54) is 24.8 Å². The molecule has 2 fully saturated rings. The second kappa shape index (κ2) is 8.06. The lowest BCUT2D eigenvalue weighted by atomic mass is 9.74. The van der Waals surface area contributed by atoms with Gasteiger partial charge in [-0.15, -0.1) is 0 Å². The Hall–Kier alpha value is -2.17. The first-order valence-corrected chi connectivity index (χ1v) is 10.3. The predicted molar refractivity (Wildman–Crippen MR) is 111 cm³/mol. The van der Waals surface area contributed by atoms with Crippen LogP contribution < -0.4 is 5.73 Å². The zero-order valence-corrected chi connectivity index (χ0v) is 16.6. The number of methoxy groups -OCH3 is 1. The summed E-state index contributed by atoms with van der Waals surface area (Å²) in [5.41, 5.74) is 8.32. The van der Waals surface area contributed by atoms with Crippen molar-refractivity contribution in [3.63, 3.8) is 0 Å². The molecule has 0 radical (unpaired) electrons. The molecule has 2 aliphatic rings. The molecule has 4 rings (SSSR count). The number of benzene rings is 2. The predicted octanol–water partition coefficient (Wildman–Crippen LogP) is 3.60. The van der Waals surface area contributed by atoms with Crippen molar-refractivity contribution < 1.29 is 9.53 Å². The first-order valence-electron chi connectivity index (χ1n) is 10.3. The molecular formula is C24H30N2O2. The van der Waals surface area contributed by atoms with Crippen molar-refractivity contribution in [3.05, 3.63) is 71.3 Å². The Bertz CT molecular complexity index is 806. The van der Waals surface area contributed by atoms with Gasteiger partial charge in [0.1, 0.15) is 5.60 Å². The number of nitrogens with zero attached hydrogens (tertiary/aromatic N) is 1. The number of fused-ring (bicyclic) bond motifs is 2. The average molecular weight is 379 g/mol. The SMILES string of the molecule is COC1(c2cccc(C(N)=O)c2)C2CCC1CN(CCCc1ccccc1)C2. The molecule has 1 saturated carbocycles. The minimum atomic E-state index is -0.376. The van der Waals surface area contributed by atoms with Crippen molar-refractivity contribution >= 4 is 5.91 Å². The van der Waals surface area contributed by atoms with Crippen LogP contribution in [0, 0.1) is 11.8 Å². The van der Waals surface area contributed by atoms with Crippen molar-refractivity contribution in [3.8, 4) is 0 Å². The van der Waals surface area contributed by atoms with Crippen molar-refractivity contribution in [2.45, 2.75) is 31.3 Å². The normalized spacial score (nSPS) is 27.0. The molecule has 1 heterocycles. The van der Waals surface area contributed by atoms with E-state index < -0.39 is 0 Å². The largest absolute Gasteiger partial charge is 0.373 e. The molecule has 0 aromatic heterocycles. The molecule has 1 aliphatic heterocycles. The Morgan fingerprint density at radius 2 is 1.82 bits per heavy atom. The van der Waals surface area contributed by atoms with Gasteiger partial charge in [0.15, 0.2) is 0 Å². The quantitative estimate of drug-likeness (QED) is 0.801. The molecule has 1 amide bonds. The number of nitrogens with two attached hydrogens (primary N) is 1. The van der Waals surface area contributed by atoms with E-state index in [0.29, 0.717) is 17.4 Å². The van der Waals surface area contributed by atoms with Crippen molar-refractivity contribution in [2.75, 3.05) is 26.7 Å². The molecule has 148 valence electrons. The maximum Gasteiger partial charge on any atom is 0.248 e. The standard InChI is InChI=1S/C24H30N2O2/c1-28-24(20-11-5-10-19(15-20)23(25)27)21-12-13-22(24)17-26(16-21)14-6-9-18-7-3-2-4-8-18/h2-5,7-8,10-11,15,21-22H,6,9,12-14,16-17H2,1H3,(H2,25,27). The summed E-state index contributed by atoms with van der Waals surface area (Å²) in [6, 6.07) is 18.5. The van der Waals surface area contributed by atoms with Crippen molar-refractivity contribution in [1.29, 1.82) is 0 Å². The fraction of sp³-hybridized carbons (Fsp3) is 0.458. The Morgan fingerprint density at radius 3 is 2.46 bits per heavy atom. The molecule has 2 aromatic rings. The lowest BCUT2D eigenvalue weighted by Gasteiger charge is -2.47. The summed E-state index contributed by atoms with van der Waals surface area (Å²) in [6.07, 6.45) is 4.66. The van der Waals surface area contributed by atoms with E-state index in [9.17, 15) is 4.79 Å². The van der Waals surface area contributed by atoms with Crippen LogP contribution in [0.5, 0.6) is 0 Å². The van der Waals surface area contributed by atoms with Gasteiger partial charge in [-0.05, 0) is 55.5 Å². The topological polar surface area (TPSA) is 55.6 Å². The lowest BCUT2D eigenvalue weighted by molar-refractivity contribution is -0.118. The van der Waals surface area contributed by atoms with E-state index >= 15 is 0 Å². The molecule has 2 bridgehead atoms. The number of primary amides is 1. The highest BCUT2D eigenvalue weighted by atomic mass is 16.5. The van der Waals surface area contributed by atoms with E-state index in [0.717, 1.165) is 31.6 Å². The van der Waals surface area contributed by atoms with E-state index in [2.05, 4.69) is 41.3 Å². The maximum atomic E-state index is 11.7. The number of amides is 1. The van der Waals surface area contributed by atoms with Gasteiger partial charge in [0.05, 0.1) is 0 Å². The number of aryl methyl sites for hydroxylation is 1. The summed E-state index contributed by atoms with van der Waals surface area (Å²) in [6.45, 7) is 3.24. The van der Waals surface area contributed by atoms with Gasteiger partial charge in [-0.1, -0.05) is 42.5 Å². The first-order chi connectivity index (χ1) is 13.6. The molecule has 1 saturated heterocycles. The highest BCUT2D eigenvalue weighted by Gasteiger charge is 2.55. The third kappa shape index (κ3) is 3.47. The highest BCUT2D eigenvalue weighted by molar-refractivity contribution is 5.92. The molecule has 4 heteroatoms. The monoisotopic (exact) mass is 378 g/mol. The molecule has 2 aromatic carbocycles. The van der Waals surface area contributed by atoms with Crippen LogP contribution in [0.25, 0.3) is 0 Å². The van der Waals surface area contributed by atoms with Gasteiger partial charge in [-0.3, -0.25) is 4.79 Å². The smallest absolute Gasteiger partial charge is 0.248 e. The number of likely N-dealkylation sites (tertiary alicyclic amines) is 1. The number of carbonyl (C=O) groups excluding carboxylic acids is 1. The zero-order chi connectivity index (χ0) is 19.6. The van der Waals surface area contributed by atoms with Gasteiger partial charge in [0, 0.05) is 37.6 Å². The fourth-order valence-electron chi connectivity index (χ4n) is 5.49. The second-order valence-electron chi connectivity index (χ2n) is 8.26. The van der Waals surface area contributed by atoms with Crippen molar-refractivity contribution in [2.24, 2.45) is 17.6 Å². The van der Waals surface area contributed by atoms with E-state index in [4.69, 9.17) is 10.5 Å². The van der Waals surface area contributed by atoms with Crippen LogP contribution in [0.2, 0.25) is 0 Å². The van der Waals surface area contributed by atoms with Crippen LogP contribution in [0.15, 0.2) is 54.6 Å². The second-order valence-corrected chi connectivity index (χ2v) is 8.26. The summed E-state index contributed by atoms with van der Waals surface area (Å²) < 4.78 is 6.23. The number of ether oxygens (including phenoxy) is 1. The van der Waals surface area contributed by atoms with E-state index in [-0.39, 0.29) is 11.5 Å². The molecule has 2 unspecified atom stereocenters. The van der Waals surface area contributed by atoms with Gasteiger partial charge in [0.25, 0.3) is 0 Å². The summed E-state index contributed by atoms with van der Waals surface area (Å²) >= 11 is 0. The van der Waals surface area contributed by atoms with Crippen LogP contribution in [-0.4, -0.2) is 37.6 Å². The van der Waals surface area contributed by atoms with Crippen LogP contribution in [0.3, 0.4) is 0 Å². The number of rotatable bonds is 7. The highest BCUT2D eigenvalue weighted by Crippen LogP contribution is 2.53. The number of carbonyl (C=O) groups is 1. The minimum absolute atomic E-state index is 0.290. The minimum Gasteiger partial charge on any atom is -0.373 e. The Labute approximate surface area is 167 Å². The molecule has 4 nitrogen and oxygen atoms in total. The molecule has 28 heavy (non-hydrogen) atoms. The fourth-order valence-corrected chi connectivity index (χ4v) is 5.49. The van der Waals surface area contributed by atoms with Gasteiger partial charge in [-0.25, -0.2) is 0 Å². The summed E-state index contributed by atoms with van der Waals surface area (Å²) in [5.74, 6) is 0.533. The maximum absolute atomic E-state index is 11.7. The summed E-state index contributed by atoms with van der Waals surface area (Å²) in [5, 5.41) is 0. The molecular weight excluding hydrogens is 348 g/mol. The number of hydrogen-bond donors (Lipinski definition) is 1. The van der Waals surface area contributed by atoms with Crippen LogP contribution >= 0.6 is 0 Å². The molecule has 0 spiro atoms. The lowest BCUT2D eigenvalue weighted by Crippen LogP contribution is -2.53. The average Bonchev–Trinajstić information content (AvgIpc) is 2.92. The van der Waals surface area contributed by atoms with E-state index in [1.54, 1.807) is 6.07 Å². The number of piperidine rings is 1. The van der Waals surface area contributed by atoms with Crippen LogP contribution in [-0.2, 0) is 16.8 Å². The Morgan fingerprint density at radius 1 is 1.11 bits per heavy atom.